The first-order valence-electron chi connectivity index (χ1n) is 4.35. The van der Waals surface area contributed by atoms with Crippen molar-refractivity contribution in [3.63, 3.8) is 0 Å². The molecule has 0 amide bonds. The van der Waals surface area contributed by atoms with Crippen molar-refractivity contribution in [3.8, 4) is 11.5 Å². The summed E-state index contributed by atoms with van der Waals surface area (Å²) in [5.41, 5.74) is 1.21. The predicted octanol–water partition coefficient (Wildman–Crippen LogP) is 2.19. The van der Waals surface area contributed by atoms with Crippen molar-refractivity contribution >= 4 is 22.9 Å². The third-order valence-electron chi connectivity index (χ3n) is 1.92. The summed E-state index contributed by atoms with van der Waals surface area (Å²) in [6.45, 7) is 0.941. The fourth-order valence-electron chi connectivity index (χ4n) is 1.20. The molecule has 14 heavy (non-hydrogen) atoms. The molecule has 0 atom stereocenters. The van der Waals surface area contributed by atoms with Crippen LogP contribution in [0.3, 0.4) is 0 Å². The lowest BCUT2D eigenvalue weighted by molar-refractivity contribution is 0.393. The average molecular weight is 307 g/mol. The minimum Gasteiger partial charge on any atom is -0.497 e. The highest BCUT2D eigenvalue weighted by atomic mass is 127. The second-order valence-corrected chi connectivity index (χ2v) is 3.62. The van der Waals surface area contributed by atoms with Crippen molar-refractivity contribution in [1.82, 2.24) is 3.53 Å². The quantitative estimate of drug-likeness (QED) is 0.668. The molecule has 1 rings (SSSR count). The van der Waals surface area contributed by atoms with Gasteiger partial charge in [-0.05, 0) is 24.1 Å². The molecule has 3 nitrogen and oxygen atoms in total. The van der Waals surface area contributed by atoms with Crippen LogP contribution in [0.5, 0.6) is 11.5 Å². The molecule has 0 fully saturated rings. The molecule has 1 N–H and O–H groups in total. The van der Waals surface area contributed by atoms with E-state index in [1.807, 2.05) is 18.2 Å². The van der Waals surface area contributed by atoms with E-state index >= 15 is 0 Å². The van der Waals surface area contributed by atoms with Crippen LogP contribution in [0.15, 0.2) is 18.2 Å². The minimum absolute atomic E-state index is 0.841. The van der Waals surface area contributed by atoms with Crippen molar-refractivity contribution in [2.45, 2.75) is 6.42 Å². The van der Waals surface area contributed by atoms with Crippen molar-refractivity contribution in [3.05, 3.63) is 23.8 Å². The van der Waals surface area contributed by atoms with Crippen molar-refractivity contribution in [2.24, 2.45) is 0 Å². The van der Waals surface area contributed by atoms with Gasteiger partial charge in [-0.2, -0.15) is 0 Å². The molecular formula is C10H14INO2. The van der Waals surface area contributed by atoms with Gasteiger partial charge in [0.1, 0.15) is 11.5 Å². The first kappa shape index (κ1) is 11.6. The van der Waals surface area contributed by atoms with Gasteiger partial charge >= 0.3 is 0 Å². The Balaban J connectivity index is 2.81. The van der Waals surface area contributed by atoms with Crippen LogP contribution in [0, 0.1) is 0 Å². The molecule has 0 heterocycles. The molecule has 0 bridgehead atoms. The third-order valence-corrected chi connectivity index (χ3v) is 2.46. The van der Waals surface area contributed by atoms with Gasteiger partial charge in [0.2, 0.25) is 0 Å². The molecule has 0 aliphatic heterocycles. The summed E-state index contributed by atoms with van der Waals surface area (Å²) in [4.78, 5) is 0. The Morgan fingerprint density at radius 3 is 2.14 bits per heavy atom. The smallest absolute Gasteiger partial charge is 0.122 e. The average Bonchev–Trinajstić information content (AvgIpc) is 2.25. The normalized spacial score (nSPS) is 9.93. The summed E-state index contributed by atoms with van der Waals surface area (Å²) < 4.78 is 13.4. The maximum atomic E-state index is 5.18. The predicted molar refractivity (Wildman–Crippen MR) is 65.3 cm³/mol. The molecule has 0 saturated carbocycles. The summed E-state index contributed by atoms with van der Waals surface area (Å²) in [5.74, 6) is 1.68. The van der Waals surface area contributed by atoms with Gasteiger partial charge in [-0.15, -0.1) is 0 Å². The number of rotatable bonds is 5. The van der Waals surface area contributed by atoms with E-state index in [0.717, 1.165) is 24.5 Å². The molecule has 4 heteroatoms. The van der Waals surface area contributed by atoms with Gasteiger partial charge in [-0.1, -0.05) is 0 Å². The van der Waals surface area contributed by atoms with Crippen LogP contribution >= 0.6 is 22.9 Å². The molecule has 0 aliphatic carbocycles. The van der Waals surface area contributed by atoms with Gasteiger partial charge in [0.15, 0.2) is 0 Å². The van der Waals surface area contributed by atoms with Crippen molar-refractivity contribution < 1.29 is 9.47 Å². The number of benzene rings is 1. The highest BCUT2D eigenvalue weighted by Crippen LogP contribution is 2.22. The Morgan fingerprint density at radius 2 is 1.71 bits per heavy atom. The Labute approximate surface area is 98.3 Å². The Kier molecular flexibility index (Phi) is 5.03. The maximum absolute atomic E-state index is 5.18. The standard InChI is InChI=1S/C10H14INO2/c1-13-9-5-8(3-4-12-11)6-10(7-9)14-2/h5-7,12H,3-4H2,1-2H3. The second-order valence-electron chi connectivity index (χ2n) is 2.85. The molecule has 78 valence electrons. The summed E-state index contributed by atoms with van der Waals surface area (Å²) in [6.07, 6.45) is 0.969. The zero-order chi connectivity index (χ0) is 10.4. The lowest BCUT2D eigenvalue weighted by atomic mass is 10.1. The number of methoxy groups -OCH3 is 2. The van der Waals surface area contributed by atoms with E-state index in [1.165, 1.54) is 5.56 Å². The fraction of sp³-hybridized carbons (Fsp3) is 0.400. The van der Waals surface area contributed by atoms with Crippen LogP contribution in [0.4, 0.5) is 0 Å². The topological polar surface area (TPSA) is 30.5 Å². The number of ether oxygens (including phenoxy) is 2. The summed E-state index contributed by atoms with van der Waals surface area (Å²) in [7, 11) is 3.32. The first-order chi connectivity index (χ1) is 6.80. The summed E-state index contributed by atoms with van der Waals surface area (Å²) in [5, 5.41) is 0. The number of hydrogen-bond donors (Lipinski definition) is 1. The molecule has 0 aliphatic rings. The van der Waals surface area contributed by atoms with Gasteiger partial charge in [-0.25, -0.2) is 0 Å². The van der Waals surface area contributed by atoms with E-state index in [2.05, 4.69) is 26.4 Å². The van der Waals surface area contributed by atoms with Crippen LogP contribution in [-0.4, -0.2) is 20.8 Å². The molecule has 1 aromatic rings. The largest absolute Gasteiger partial charge is 0.497 e. The van der Waals surface area contributed by atoms with Gasteiger partial charge in [0.05, 0.1) is 14.2 Å². The van der Waals surface area contributed by atoms with Gasteiger partial charge in [0, 0.05) is 35.5 Å². The van der Waals surface area contributed by atoms with Crippen molar-refractivity contribution in [1.29, 1.82) is 0 Å². The molecule has 0 radical (unpaired) electrons. The van der Waals surface area contributed by atoms with Gasteiger partial charge in [-0.3, -0.25) is 3.53 Å². The van der Waals surface area contributed by atoms with Crippen LogP contribution in [0.1, 0.15) is 5.56 Å². The fourth-order valence-corrected chi connectivity index (χ4v) is 1.47. The zero-order valence-corrected chi connectivity index (χ0v) is 10.5. The Bertz CT molecular complexity index is 269. The van der Waals surface area contributed by atoms with E-state index in [0.29, 0.717) is 0 Å². The molecule has 0 spiro atoms. The number of halogens is 1. The van der Waals surface area contributed by atoms with E-state index in [-0.39, 0.29) is 0 Å². The SMILES string of the molecule is COc1cc(CCNI)cc(OC)c1. The lowest BCUT2D eigenvalue weighted by Crippen LogP contribution is -2.04. The first-order valence-corrected chi connectivity index (χ1v) is 5.43. The molecule has 0 saturated heterocycles. The summed E-state index contributed by atoms with van der Waals surface area (Å²) >= 11 is 2.14. The van der Waals surface area contributed by atoms with Crippen LogP contribution in [0.25, 0.3) is 0 Å². The second kappa shape index (κ2) is 6.08. The van der Waals surface area contributed by atoms with E-state index in [9.17, 15) is 0 Å². The third kappa shape index (κ3) is 3.34. The highest BCUT2D eigenvalue weighted by molar-refractivity contribution is 14.1. The molecule has 1 aromatic carbocycles. The highest BCUT2D eigenvalue weighted by Gasteiger charge is 2.01. The van der Waals surface area contributed by atoms with Crippen LogP contribution < -0.4 is 13.0 Å². The van der Waals surface area contributed by atoms with Gasteiger partial charge < -0.3 is 9.47 Å². The van der Waals surface area contributed by atoms with Crippen LogP contribution in [-0.2, 0) is 6.42 Å². The van der Waals surface area contributed by atoms with Crippen LogP contribution in [0.2, 0.25) is 0 Å². The lowest BCUT2D eigenvalue weighted by Gasteiger charge is -2.07. The minimum atomic E-state index is 0.841. The van der Waals surface area contributed by atoms with E-state index < -0.39 is 0 Å². The Morgan fingerprint density at radius 1 is 1.14 bits per heavy atom. The molecular weight excluding hydrogens is 293 g/mol. The van der Waals surface area contributed by atoms with Crippen molar-refractivity contribution in [2.75, 3.05) is 20.8 Å². The van der Waals surface area contributed by atoms with E-state index in [4.69, 9.17) is 9.47 Å². The number of hydrogen-bond acceptors (Lipinski definition) is 3. The monoisotopic (exact) mass is 307 g/mol. The maximum Gasteiger partial charge on any atom is 0.122 e. The molecule has 0 aromatic heterocycles. The zero-order valence-electron chi connectivity index (χ0n) is 8.34. The number of nitrogens with one attached hydrogen (secondary N) is 1. The molecule has 0 unspecified atom stereocenters. The van der Waals surface area contributed by atoms with E-state index in [1.54, 1.807) is 14.2 Å². The summed E-state index contributed by atoms with van der Waals surface area (Å²) in [6, 6.07) is 5.92. The van der Waals surface area contributed by atoms with Gasteiger partial charge in [0.25, 0.3) is 0 Å². The Hall–Kier alpha value is -0.490.